The Bertz CT molecular complexity index is 837. The molecule has 1 aromatic carbocycles. The van der Waals surface area contributed by atoms with Crippen LogP contribution in [0.2, 0.25) is 0 Å². The highest BCUT2D eigenvalue weighted by Crippen LogP contribution is 2.30. The van der Waals surface area contributed by atoms with Gasteiger partial charge in [-0.3, -0.25) is 4.79 Å². The van der Waals surface area contributed by atoms with Crippen molar-refractivity contribution in [2.24, 2.45) is 0 Å². The van der Waals surface area contributed by atoms with Gasteiger partial charge >= 0.3 is 5.97 Å². The van der Waals surface area contributed by atoms with Crippen LogP contribution in [0.15, 0.2) is 48.8 Å². The molecule has 0 amide bonds. The van der Waals surface area contributed by atoms with Crippen molar-refractivity contribution in [1.82, 2.24) is 9.38 Å². The fourth-order valence-electron chi connectivity index (χ4n) is 2.77. The Morgan fingerprint density at radius 2 is 2.00 bits per heavy atom. The van der Waals surface area contributed by atoms with Crippen LogP contribution < -0.4 is 4.74 Å². The Morgan fingerprint density at radius 1 is 1.26 bits per heavy atom. The molecule has 1 atom stereocenters. The number of benzene rings is 1. The van der Waals surface area contributed by atoms with Crippen molar-refractivity contribution < 1.29 is 14.6 Å². The quantitative estimate of drug-likeness (QED) is 0.785. The molecule has 2 aromatic heterocycles. The number of imidazole rings is 1. The van der Waals surface area contributed by atoms with Crippen LogP contribution in [0.4, 0.5) is 0 Å². The summed E-state index contributed by atoms with van der Waals surface area (Å²) >= 11 is 0. The standard InChI is InChI=1S/C18H18N2O3/c1-12-3-8-17-19-10-16(20(17)11-12)15(9-18(21)22)13-4-6-14(23-2)7-5-13/h3-8,10-11,15H,9H2,1-2H3,(H,21,22). The molecule has 0 bridgehead atoms. The molecule has 0 saturated heterocycles. The minimum Gasteiger partial charge on any atom is -0.497 e. The second-order valence-corrected chi connectivity index (χ2v) is 5.54. The van der Waals surface area contributed by atoms with Gasteiger partial charge in [-0.25, -0.2) is 4.98 Å². The Hall–Kier alpha value is -2.82. The summed E-state index contributed by atoms with van der Waals surface area (Å²) in [6, 6.07) is 11.4. The van der Waals surface area contributed by atoms with Gasteiger partial charge in [0.15, 0.2) is 0 Å². The van der Waals surface area contributed by atoms with Crippen molar-refractivity contribution >= 4 is 11.6 Å². The maximum Gasteiger partial charge on any atom is 0.304 e. The fourth-order valence-corrected chi connectivity index (χ4v) is 2.77. The minimum atomic E-state index is -0.839. The van der Waals surface area contributed by atoms with E-state index in [0.29, 0.717) is 0 Å². The second kappa shape index (κ2) is 6.12. The lowest BCUT2D eigenvalue weighted by molar-refractivity contribution is -0.137. The number of carbonyl (C=O) groups is 1. The summed E-state index contributed by atoms with van der Waals surface area (Å²) in [6.45, 7) is 2.00. The van der Waals surface area contributed by atoms with Crippen LogP contribution in [0, 0.1) is 6.92 Å². The molecule has 0 spiro atoms. The molecule has 0 aliphatic heterocycles. The first-order valence-electron chi connectivity index (χ1n) is 7.38. The highest BCUT2D eigenvalue weighted by Gasteiger charge is 2.21. The van der Waals surface area contributed by atoms with E-state index in [1.807, 2.05) is 53.9 Å². The van der Waals surface area contributed by atoms with Gasteiger partial charge in [-0.1, -0.05) is 18.2 Å². The van der Waals surface area contributed by atoms with Gasteiger partial charge in [-0.05, 0) is 36.2 Å². The Morgan fingerprint density at radius 3 is 2.65 bits per heavy atom. The molecule has 5 heteroatoms. The first-order valence-corrected chi connectivity index (χ1v) is 7.38. The highest BCUT2D eigenvalue weighted by atomic mass is 16.5. The molecule has 1 N–H and O–H groups in total. The van der Waals surface area contributed by atoms with E-state index < -0.39 is 5.97 Å². The molecule has 0 saturated carbocycles. The molecule has 3 rings (SSSR count). The fraction of sp³-hybridized carbons (Fsp3) is 0.222. The third kappa shape index (κ3) is 3.04. The minimum absolute atomic E-state index is 0.00800. The smallest absolute Gasteiger partial charge is 0.304 e. The summed E-state index contributed by atoms with van der Waals surface area (Å²) in [4.78, 5) is 15.7. The first kappa shape index (κ1) is 15.1. The molecule has 0 aliphatic carbocycles. The molecule has 0 aliphatic rings. The summed E-state index contributed by atoms with van der Waals surface area (Å²) in [7, 11) is 1.61. The van der Waals surface area contributed by atoms with Gasteiger partial charge in [0.1, 0.15) is 11.4 Å². The van der Waals surface area contributed by atoms with Crippen molar-refractivity contribution in [3.8, 4) is 5.75 Å². The lowest BCUT2D eigenvalue weighted by Gasteiger charge is -2.16. The lowest BCUT2D eigenvalue weighted by atomic mass is 9.92. The van der Waals surface area contributed by atoms with Crippen LogP contribution >= 0.6 is 0 Å². The number of hydrogen-bond acceptors (Lipinski definition) is 3. The molecule has 1 unspecified atom stereocenters. The van der Waals surface area contributed by atoms with E-state index in [-0.39, 0.29) is 12.3 Å². The summed E-state index contributed by atoms with van der Waals surface area (Å²) in [5.74, 6) is -0.361. The number of nitrogens with zero attached hydrogens (tertiary/aromatic N) is 2. The number of rotatable bonds is 5. The van der Waals surface area contributed by atoms with Crippen LogP contribution in [0.5, 0.6) is 5.75 Å². The Kier molecular flexibility index (Phi) is 4.02. The van der Waals surface area contributed by atoms with E-state index in [4.69, 9.17) is 4.74 Å². The number of aromatic nitrogens is 2. The van der Waals surface area contributed by atoms with Crippen molar-refractivity contribution in [1.29, 1.82) is 0 Å². The van der Waals surface area contributed by atoms with Crippen LogP contribution in [0.1, 0.15) is 29.2 Å². The van der Waals surface area contributed by atoms with E-state index in [0.717, 1.165) is 28.2 Å². The van der Waals surface area contributed by atoms with E-state index in [1.165, 1.54) is 0 Å². The number of aliphatic carboxylic acids is 1. The van der Waals surface area contributed by atoms with Crippen molar-refractivity contribution in [3.63, 3.8) is 0 Å². The van der Waals surface area contributed by atoms with Gasteiger partial charge in [0.05, 0.1) is 19.2 Å². The van der Waals surface area contributed by atoms with Gasteiger partial charge in [0.25, 0.3) is 0 Å². The zero-order chi connectivity index (χ0) is 16.4. The normalized spacial score (nSPS) is 12.3. The molecule has 118 valence electrons. The highest BCUT2D eigenvalue weighted by molar-refractivity contribution is 5.69. The van der Waals surface area contributed by atoms with Crippen molar-refractivity contribution in [2.45, 2.75) is 19.3 Å². The lowest BCUT2D eigenvalue weighted by Crippen LogP contribution is -2.10. The summed E-state index contributed by atoms with van der Waals surface area (Å²) in [6.07, 6.45) is 3.75. The molecule has 0 fully saturated rings. The number of carboxylic acid groups (broad SMARTS) is 1. The van der Waals surface area contributed by atoms with Crippen LogP contribution in [-0.2, 0) is 4.79 Å². The average molecular weight is 310 g/mol. The molecule has 3 aromatic rings. The van der Waals surface area contributed by atoms with E-state index in [9.17, 15) is 9.90 Å². The largest absolute Gasteiger partial charge is 0.497 e. The molecule has 5 nitrogen and oxygen atoms in total. The predicted molar refractivity (Wildman–Crippen MR) is 87.0 cm³/mol. The maximum atomic E-state index is 11.4. The molecule has 0 radical (unpaired) electrons. The second-order valence-electron chi connectivity index (χ2n) is 5.54. The monoisotopic (exact) mass is 310 g/mol. The predicted octanol–water partition coefficient (Wildman–Crippen LogP) is 3.26. The molecule has 23 heavy (non-hydrogen) atoms. The van der Waals surface area contributed by atoms with Crippen LogP contribution in [0.25, 0.3) is 5.65 Å². The van der Waals surface area contributed by atoms with E-state index in [2.05, 4.69) is 4.98 Å². The van der Waals surface area contributed by atoms with Crippen molar-refractivity contribution in [3.05, 3.63) is 65.6 Å². The van der Waals surface area contributed by atoms with E-state index >= 15 is 0 Å². The third-order valence-corrected chi connectivity index (χ3v) is 3.94. The number of methoxy groups -OCH3 is 1. The zero-order valence-corrected chi connectivity index (χ0v) is 13.1. The number of fused-ring (bicyclic) bond motifs is 1. The average Bonchev–Trinajstić information content (AvgIpc) is 2.95. The summed E-state index contributed by atoms with van der Waals surface area (Å²) in [5.41, 5.74) is 3.71. The zero-order valence-electron chi connectivity index (χ0n) is 13.1. The van der Waals surface area contributed by atoms with E-state index in [1.54, 1.807) is 13.3 Å². The third-order valence-electron chi connectivity index (χ3n) is 3.94. The topological polar surface area (TPSA) is 63.8 Å². The first-order chi connectivity index (χ1) is 11.1. The van der Waals surface area contributed by atoms with Gasteiger partial charge in [0.2, 0.25) is 0 Å². The number of aryl methyl sites for hydroxylation is 1. The molecule has 2 heterocycles. The Balaban J connectivity index is 2.10. The molecular weight excluding hydrogens is 292 g/mol. The van der Waals surface area contributed by atoms with Gasteiger partial charge < -0.3 is 14.2 Å². The van der Waals surface area contributed by atoms with Crippen LogP contribution in [0.3, 0.4) is 0 Å². The van der Waals surface area contributed by atoms with Crippen LogP contribution in [-0.4, -0.2) is 27.6 Å². The van der Waals surface area contributed by atoms with Gasteiger partial charge in [-0.2, -0.15) is 0 Å². The Labute approximate surface area is 134 Å². The number of ether oxygens (including phenoxy) is 1. The van der Waals surface area contributed by atoms with Gasteiger partial charge in [-0.15, -0.1) is 0 Å². The number of pyridine rings is 1. The van der Waals surface area contributed by atoms with Gasteiger partial charge in [0, 0.05) is 18.3 Å². The molecular formula is C18H18N2O3. The number of hydrogen-bond donors (Lipinski definition) is 1. The van der Waals surface area contributed by atoms with Crippen molar-refractivity contribution in [2.75, 3.05) is 7.11 Å². The SMILES string of the molecule is COc1ccc(C(CC(=O)O)c2cnc3ccc(C)cn23)cc1. The summed E-state index contributed by atoms with van der Waals surface area (Å²) < 4.78 is 7.14. The summed E-state index contributed by atoms with van der Waals surface area (Å²) in [5, 5.41) is 9.32. The maximum absolute atomic E-state index is 11.4. The number of carboxylic acids is 1.